The number of rotatable bonds is 3. The molecule has 2 heterocycles. The van der Waals surface area contributed by atoms with Gasteiger partial charge in [0.15, 0.2) is 0 Å². The third-order valence-electron chi connectivity index (χ3n) is 4.43. The molecule has 2 N–H and O–H groups in total. The van der Waals surface area contributed by atoms with Gasteiger partial charge in [-0.25, -0.2) is 0 Å². The summed E-state index contributed by atoms with van der Waals surface area (Å²) >= 11 is 0. The SMILES string of the molecule is CC(N)C1CCN(Cc2cnc3ccccc3c2)CC1.Cl. The Morgan fingerprint density at radius 3 is 2.71 bits per heavy atom. The highest BCUT2D eigenvalue weighted by atomic mass is 35.5. The molecule has 1 aromatic heterocycles. The maximum Gasteiger partial charge on any atom is 0.0702 e. The van der Waals surface area contributed by atoms with E-state index in [1.807, 2.05) is 12.3 Å². The molecular formula is C17H24ClN3. The number of nitrogens with two attached hydrogens (primary N) is 1. The van der Waals surface area contributed by atoms with Gasteiger partial charge in [-0.3, -0.25) is 9.88 Å². The first kappa shape index (κ1) is 16.2. The van der Waals surface area contributed by atoms with Crippen LogP contribution < -0.4 is 5.73 Å². The van der Waals surface area contributed by atoms with Crippen LogP contribution in [0.25, 0.3) is 10.9 Å². The maximum absolute atomic E-state index is 6.00. The molecule has 0 bridgehead atoms. The van der Waals surface area contributed by atoms with Crippen LogP contribution >= 0.6 is 12.4 Å². The van der Waals surface area contributed by atoms with E-state index >= 15 is 0 Å². The van der Waals surface area contributed by atoms with E-state index in [-0.39, 0.29) is 12.4 Å². The predicted molar refractivity (Wildman–Crippen MR) is 90.6 cm³/mol. The summed E-state index contributed by atoms with van der Waals surface area (Å²) in [6.07, 6.45) is 4.46. The number of benzene rings is 1. The van der Waals surface area contributed by atoms with Crippen molar-refractivity contribution in [2.45, 2.75) is 32.4 Å². The molecule has 0 radical (unpaired) electrons. The van der Waals surface area contributed by atoms with Crippen LogP contribution in [0.4, 0.5) is 0 Å². The lowest BCUT2D eigenvalue weighted by Gasteiger charge is -2.33. The van der Waals surface area contributed by atoms with E-state index in [1.165, 1.54) is 23.8 Å². The highest BCUT2D eigenvalue weighted by Gasteiger charge is 2.21. The van der Waals surface area contributed by atoms with Crippen molar-refractivity contribution >= 4 is 23.3 Å². The average Bonchev–Trinajstić information content (AvgIpc) is 2.48. The molecule has 0 spiro atoms. The van der Waals surface area contributed by atoms with Crippen molar-refractivity contribution in [2.24, 2.45) is 11.7 Å². The first-order valence-electron chi connectivity index (χ1n) is 7.54. The Kier molecular flexibility index (Phi) is 5.57. The van der Waals surface area contributed by atoms with Gasteiger partial charge in [-0.05, 0) is 56.5 Å². The number of nitrogens with zero attached hydrogens (tertiary/aromatic N) is 2. The standard InChI is InChI=1S/C17H23N3.ClH/c1-13(18)15-6-8-20(9-7-15)12-14-10-16-4-2-3-5-17(16)19-11-14;/h2-5,10-11,13,15H,6-9,12,18H2,1H3;1H. The molecule has 1 saturated heterocycles. The van der Waals surface area contributed by atoms with Crippen LogP contribution in [0.5, 0.6) is 0 Å². The fraction of sp³-hybridized carbons (Fsp3) is 0.471. The Balaban J connectivity index is 0.00000161. The fourth-order valence-corrected chi connectivity index (χ4v) is 3.10. The summed E-state index contributed by atoms with van der Waals surface area (Å²) in [6.45, 7) is 5.44. The van der Waals surface area contributed by atoms with Gasteiger partial charge in [-0.15, -0.1) is 12.4 Å². The summed E-state index contributed by atoms with van der Waals surface area (Å²) in [7, 11) is 0. The Morgan fingerprint density at radius 2 is 2.00 bits per heavy atom. The molecule has 4 heteroatoms. The smallest absolute Gasteiger partial charge is 0.0702 e. The van der Waals surface area contributed by atoms with Crippen LogP contribution in [0.3, 0.4) is 0 Å². The fourth-order valence-electron chi connectivity index (χ4n) is 3.10. The van der Waals surface area contributed by atoms with E-state index in [4.69, 9.17) is 5.73 Å². The zero-order valence-corrected chi connectivity index (χ0v) is 13.4. The molecule has 3 nitrogen and oxygen atoms in total. The average molecular weight is 306 g/mol. The maximum atomic E-state index is 6.00. The Hall–Kier alpha value is -1.16. The van der Waals surface area contributed by atoms with Gasteiger partial charge in [0.25, 0.3) is 0 Å². The second-order valence-corrected chi connectivity index (χ2v) is 6.01. The van der Waals surface area contributed by atoms with Gasteiger partial charge in [-0.1, -0.05) is 18.2 Å². The summed E-state index contributed by atoms with van der Waals surface area (Å²) in [5.74, 6) is 0.695. The van der Waals surface area contributed by atoms with Crippen molar-refractivity contribution in [3.63, 3.8) is 0 Å². The van der Waals surface area contributed by atoms with E-state index < -0.39 is 0 Å². The van der Waals surface area contributed by atoms with Gasteiger partial charge < -0.3 is 5.73 Å². The minimum Gasteiger partial charge on any atom is -0.328 e. The van der Waals surface area contributed by atoms with E-state index in [2.05, 4.69) is 41.1 Å². The third kappa shape index (κ3) is 3.94. The molecule has 0 amide bonds. The van der Waals surface area contributed by atoms with Crippen LogP contribution in [-0.2, 0) is 6.54 Å². The Bertz CT molecular complexity index is 577. The van der Waals surface area contributed by atoms with Gasteiger partial charge >= 0.3 is 0 Å². The molecule has 21 heavy (non-hydrogen) atoms. The summed E-state index contributed by atoms with van der Waals surface area (Å²) < 4.78 is 0. The molecule has 114 valence electrons. The van der Waals surface area contributed by atoms with Crippen LogP contribution in [0.2, 0.25) is 0 Å². The molecule has 1 aliphatic heterocycles. The van der Waals surface area contributed by atoms with Crippen LogP contribution in [-0.4, -0.2) is 29.0 Å². The first-order chi connectivity index (χ1) is 9.72. The quantitative estimate of drug-likeness (QED) is 0.947. The lowest BCUT2D eigenvalue weighted by atomic mass is 9.91. The highest BCUT2D eigenvalue weighted by molar-refractivity contribution is 5.85. The van der Waals surface area contributed by atoms with E-state index in [0.29, 0.717) is 12.0 Å². The second-order valence-electron chi connectivity index (χ2n) is 6.01. The normalized spacial score (nSPS) is 18.4. The predicted octanol–water partition coefficient (Wildman–Crippen LogP) is 3.22. The molecular weight excluding hydrogens is 282 g/mol. The molecule has 0 aliphatic carbocycles. The molecule has 0 saturated carbocycles. The highest BCUT2D eigenvalue weighted by Crippen LogP contribution is 2.21. The zero-order valence-electron chi connectivity index (χ0n) is 12.5. The topological polar surface area (TPSA) is 42.1 Å². The number of fused-ring (bicyclic) bond motifs is 1. The van der Waals surface area contributed by atoms with Gasteiger partial charge in [0, 0.05) is 24.2 Å². The largest absolute Gasteiger partial charge is 0.328 e. The summed E-state index contributed by atoms with van der Waals surface area (Å²) in [6, 6.07) is 10.9. The summed E-state index contributed by atoms with van der Waals surface area (Å²) in [5.41, 5.74) is 8.38. The number of likely N-dealkylation sites (tertiary alicyclic amines) is 1. The van der Waals surface area contributed by atoms with Crippen molar-refractivity contribution in [3.8, 4) is 0 Å². The molecule has 2 aromatic rings. The minimum absolute atomic E-state index is 0. The number of aromatic nitrogens is 1. The monoisotopic (exact) mass is 305 g/mol. The number of hydrogen-bond acceptors (Lipinski definition) is 3. The minimum atomic E-state index is 0. The zero-order chi connectivity index (χ0) is 13.9. The number of piperidine rings is 1. The first-order valence-corrected chi connectivity index (χ1v) is 7.54. The van der Waals surface area contributed by atoms with Crippen molar-refractivity contribution in [1.29, 1.82) is 0 Å². The van der Waals surface area contributed by atoms with Crippen LogP contribution in [0, 0.1) is 5.92 Å². The van der Waals surface area contributed by atoms with Crippen molar-refractivity contribution in [2.75, 3.05) is 13.1 Å². The van der Waals surface area contributed by atoms with Crippen molar-refractivity contribution in [1.82, 2.24) is 9.88 Å². The van der Waals surface area contributed by atoms with Gasteiger partial charge in [-0.2, -0.15) is 0 Å². The molecule has 1 aliphatic rings. The summed E-state index contributed by atoms with van der Waals surface area (Å²) in [5, 5.41) is 1.23. The third-order valence-corrected chi connectivity index (χ3v) is 4.43. The number of hydrogen-bond donors (Lipinski definition) is 1. The van der Waals surface area contributed by atoms with Gasteiger partial charge in [0.2, 0.25) is 0 Å². The molecule has 1 unspecified atom stereocenters. The lowest BCUT2D eigenvalue weighted by molar-refractivity contribution is 0.165. The Morgan fingerprint density at radius 1 is 1.29 bits per heavy atom. The Labute approximate surface area is 132 Å². The molecule has 3 rings (SSSR count). The van der Waals surface area contributed by atoms with E-state index in [1.54, 1.807) is 0 Å². The number of halogens is 1. The van der Waals surface area contributed by atoms with Gasteiger partial charge in [0.05, 0.1) is 5.52 Å². The van der Waals surface area contributed by atoms with Crippen LogP contribution in [0.15, 0.2) is 36.5 Å². The van der Waals surface area contributed by atoms with E-state index in [9.17, 15) is 0 Å². The number of para-hydroxylation sites is 1. The second kappa shape index (κ2) is 7.21. The van der Waals surface area contributed by atoms with Crippen LogP contribution in [0.1, 0.15) is 25.3 Å². The van der Waals surface area contributed by atoms with Crippen molar-refractivity contribution in [3.05, 3.63) is 42.1 Å². The molecule has 1 atom stereocenters. The number of pyridine rings is 1. The van der Waals surface area contributed by atoms with E-state index in [0.717, 1.165) is 25.2 Å². The summed E-state index contributed by atoms with van der Waals surface area (Å²) in [4.78, 5) is 7.06. The molecule has 1 fully saturated rings. The molecule has 1 aromatic carbocycles. The van der Waals surface area contributed by atoms with Gasteiger partial charge in [0.1, 0.15) is 0 Å². The van der Waals surface area contributed by atoms with Crippen molar-refractivity contribution < 1.29 is 0 Å². The lowest BCUT2D eigenvalue weighted by Crippen LogP contribution is -2.39.